The van der Waals surface area contributed by atoms with Gasteiger partial charge < -0.3 is 10.2 Å². The quantitative estimate of drug-likeness (QED) is 0.906. The summed E-state index contributed by atoms with van der Waals surface area (Å²) in [6.07, 6.45) is 6.60. The lowest BCUT2D eigenvalue weighted by Gasteiger charge is -2.23. The first-order chi connectivity index (χ1) is 12.7. The monoisotopic (exact) mass is 350 g/mol. The van der Waals surface area contributed by atoms with E-state index in [-0.39, 0.29) is 5.91 Å². The number of rotatable bonds is 2. The number of carbonyl (C=O) groups is 1. The van der Waals surface area contributed by atoms with Crippen LogP contribution >= 0.6 is 0 Å². The van der Waals surface area contributed by atoms with Crippen molar-refractivity contribution in [2.75, 3.05) is 13.1 Å². The minimum Gasteiger partial charge on any atom is -0.336 e. The van der Waals surface area contributed by atoms with Crippen LogP contribution < -0.4 is 5.32 Å². The fraction of sp³-hybridized carbons (Fsp3) is 0.524. The normalized spacial score (nSPS) is 24.6. The molecule has 26 heavy (non-hydrogen) atoms. The summed E-state index contributed by atoms with van der Waals surface area (Å²) in [6, 6.07) is 9.47. The zero-order valence-corrected chi connectivity index (χ0v) is 15.4. The molecule has 1 N–H and O–H groups in total. The predicted molar refractivity (Wildman–Crippen MR) is 101 cm³/mol. The van der Waals surface area contributed by atoms with Crippen molar-refractivity contribution in [1.82, 2.24) is 20.0 Å². The number of nitrogens with zero attached hydrogens (tertiary/aromatic N) is 3. The van der Waals surface area contributed by atoms with Crippen LogP contribution in [0.3, 0.4) is 0 Å². The van der Waals surface area contributed by atoms with Crippen molar-refractivity contribution in [1.29, 1.82) is 0 Å². The fourth-order valence-corrected chi connectivity index (χ4v) is 4.79. The number of aryl methyl sites for hydroxylation is 1. The van der Waals surface area contributed by atoms with Crippen LogP contribution in [0.2, 0.25) is 0 Å². The van der Waals surface area contributed by atoms with Gasteiger partial charge in [-0.05, 0) is 57.6 Å². The first-order valence-corrected chi connectivity index (χ1v) is 9.92. The molecule has 2 fully saturated rings. The van der Waals surface area contributed by atoms with Gasteiger partial charge in [0.15, 0.2) is 5.69 Å². The van der Waals surface area contributed by atoms with E-state index in [0.717, 1.165) is 44.5 Å². The topological polar surface area (TPSA) is 50.2 Å². The minimum absolute atomic E-state index is 0.128. The van der Waals surface area contributed by atoms with Gasteiger partial charge >= 0.3 is 0 Å². The molecule has 5 nitrogen and oxygen atoms in total. The van der Waals surface area contributed by atoms with Crippen LogP contribution in [0.4, 0.5) is 0 Å². The molecule has 0 radical (unpaired) electrons. The highest BCUT2D eigenvalue weighted by Gasteiger charge is 2.34. The standard InChI is InChI=1S/C21H26N4O/c1-14-5-9-17(10-6-14)25-19-4-2-3-18(19)20(23-25)21(26)24-12-11-15-7-8-16(13-24)22-15/h5-6,9-10,15-16,22H,2-4,7-8,11-13H2,1H3. The summed E-state index contributed by atoms with van der Waals surface area (Å²) >= 11 is 0. The highest BCUT2D eigenvalue weighted by Crippen LogP contribution is 2.29. The summed E-state index contributed by atoms with van der Waals surface area (Å²) in [7, 11) is 0. The van der Waals surface area contributed by atoms with Gasteiger partial charge in [0.2, 0.25) is 0 Å². The molecule has 1 aromatic carbocycles. The SMILES string of the molecule is Cc1ccc(-n2nc(C(=O)N3CCC4CCC(C3)N4)c3c2CCC3)cc1. The van der Waals surface area contributed by atoms with Gasteiger partial charge in [-0.25, -0.2) is 4.68 Å². The highest BCUT2D eigenvalue weighted by molar-refractivity contribution is 5.94. The Bertz CT molecular complexity index is 838. The van der Waals surface area contributed by atoms with Crippen LogP contribution in [-0.2, 0) is 12.8 Å². The molecule has 2 bridgehead atoms. The van der Waals surface area contributed by atoms with E-state index in [1.807, 2.05) is 9.58 Å². The number of nitrogens with one attached hydrogen (secondary N) is 1. The first-order valence-electron chi connectivity index (χ1n) is 9.92. The molecule has 5 heteroatoms. The second kappa shape index (κ2) is 6.23. The molecule has 1 aliphatic carbocycles. The summed E-state index contributed by atoms with van der Waals surface area (Å²) in [4.78, 5) is 15.3. The van der Waals surface area contributed by atoms with Crippen molar-refractivity contribution in [3.63, 3.8) is 0 Å². The maximum Gasteiger partial charge on any atom is 0.274 e. The van der Waals surface area contributed by atoms with Crippen molar-refractivity contribution in [3.05, 3.63) is 46.8 Å². The van der Waals surface area contributed by atoms with Gasteiger partial charge in [0, 0.05) is 36.4 Å². The number of carbonyl (C=O) groups excluding carboxylic acids is 1. The second-order valence-electron chi connectivity index (χ2n) is 8.05. The van der Waals surface area contributed by atoms with Crippen LogP contribution in [0.1, 0.15) is 53.0 Å². The number of amides is 1. The summed E-state index contributed by atoms with van der Waals surface area (Å²) < 4.78 is 2.01. The lowest BCUT2D eigenvalue weighted by atomic mass is 10.1. The number of benzene rings is 1. The van der Waals surface area contributed by atoms with E-state index < -0.39 is 0 Å². The molecule has 2 aliphatic heterocycles. The third-order valence-electron chi connectivity index (χ3n) is 6.22. The maximum atomic E-state index is 13.3. The van der Waals surface area contributed by atoms with E-state index in [1.54, 1.807) is 0 Å². The average molecular weight is 350 g/mol. The zero-order chi connectivity index (χ0) is 17.7. The third-order valence-corrected chi connectivity index (χ3v) is 6.22. The molecule has 1 aromatic heterocycles. The summed E-state index contributed by atoms with van der Waals surface area (Å²) in [5.74, 6) is 0.128. The number of likely N-dealkylation sites (tertiary alicyclic amines) is 1. The van der Waals surface area contributed by atoms with E-state index in [0.29, 0.717) is 17.8 Å². The largest absolute Gasteiger partial charge is 0.336 e. The van der Waals surface area contributed by atoms with Crippen LogP contribution in [0.15, 0.2) is 24.3 Å². The van der Waals surface area contributed by atoms with Gasteiger partial charge in [0.05, 0.1) is 5.69 Å². The van der Waals surface area contributed by atoms with Crippen molar-refractivity contribution in [2.24, 2.45) is 0 Å². The van der Waals surface area contributed by atoms with Crippen LogP contribution in [0, 0.1) is 6.92 Å². The Morgan fingerprint density at radius 2 is 1.92 bits per heavy atom. The Morgan fingerprint density at radius 3 is 2.77 bits per heavy atom. The Hall–Kier alpha value is -2.14. The smallest absolute Gasteiger partial charge is 0.274 e. The molecule has 5 rings (SSSR count). The predicted octanol–water partition coefficient (Wildman–Crippen LogP) is 2.64. The molecule has 2 unspecified atom stereocenters. The molecule has 1 amide bonds. The summed E-state index contributed by atoms with van der Waals surface area (Å²) in [5, 5.41) is 8.46. The van der Waals surface area contributed by atoms with Crippen molar-refractivity contribution < 1.29 is 4.79 Å². The van der Waals surface area contributed by atoms with Gasteiger partial charge in [-0.15, -0.1) is 0 Å². The van der Waals surface area contributed by atoms with Crippen LogP contribution in [-0.4, -0.2) is 45.8 Å². The van der Waals surface area contributed by atoms with Gasteiger partial charge in [0.1, 0.15) is 0 Å². The highest BCUT2D eigenvalue weighted by atomic mass is 16.2. The molecule has 0 spiro atoms. The summed E-state index contributed by atoms with van der Waals surface area (Å²) in [6.45, 7) is 3.76. The first kappa shape index (κ1) is 16.1. The Labute approximate surface area is 154 Å². The van der Waals surface area contributed by atoms with E-state index in [4.69, 9.17) is 5.10 Å². The van der Waals surface area contributed by atoms with Crippen molar-refractivity contribution >= 4 is 5.91 Å². The number of aromatic nitrogens is 2. The van der Waals surface area contributed by atoms with Crippen LogP contribution in [0.25, 0.3) is 5.69 Å². The molecule has 3 heterocycles. The lowest BCUT2D eigenvalue weighted by molar-refractivity contribution is 0.0740. The van der Waals surface area contributed by atoms with Crippen LogP contribution in [0.5, 0.6) is 0 Å². The van der Waals surface area contributed by atoms with E-state index in [2.05, 4.69) is 36.5 Å². The van der Waals surface area contributed by atoms with Gasteiger partial charge in [-0.2, -0.15) is 5.10 Å². The second-order valence-corrected chi connectivity index (χ2v) is 8.05. The molecule has 2 saturated heterocycles. The van der Waals surface area contributed by atoms with Gasteiger partial charge in [-0.1, -0.05) is 17.7 Å². The lowest BCUT2D eigenvalue weighted by Crippen LogP contribution is -2.39. The molecule has 2 aromatic rings. The van der Waals surface area contributed by atoms with Gasteiger partial charge in [0.25, 0.3) is 5.91 Å². The molecule has 0 saturated carbocycles. The fourth-order valence-electron chi connectivity index (χ4n) is 4.79. The van der Waals surface area contributed by atoms with E-state index in [9.17, 15) is 4.79 Å². The maximum absolute atomic E-state index is 13.3. The molecule has 2 atom stereocenters. The molecular weight excluding hydrogens is 324 g/mol. The van der Waals surface area contributed by atoms with Crippen molar-refractivity contribution in [3.8, 4) is 5.69 Å². The molecule has 136 valence electrons. The van der Waals surface area contributed by atoms with E-state index in [1.165, 1.54) is 29.7 Å². The molecular formula is C21H26N4O. The van der Waals surface area contributed by atoms with Gasteiger partial charge in [-0.3, -0.25) is 4.79 Å². The van der Waals surface area contributed by atoms with E-state index >= 15 is 0 Å². The number of hydrogen-bond acceptors (Lipinski definition) is 3. The Balaban J connectivity index is 1.48. The number of fused-ring (bicyclic) bond motifs is 3. The summed E-state index contributed by atoms with van der Waals surface area (Å²) in [5.41, 5.74) is 5.39. The minimum atomic E-state index is 0.128. The average Bonchev–Trinajstić information content (AvgIpc) is 3.30. The third kappa shape index (κ3) is 2.65. The Kier molecular flexibility index (Phi) is 3.85. The van der Waals surface area contributed by atoms with Crippen molar-refractivity contribution in [2.45, 2.75) is 57.5 Å². The Morgan fingerprint density at radius 1 is 1.12 bits per heavy atom. The molecule has 3 aliphatic rings. The zero-order valence-electron chi connectivity index (χ0n) is 15.4. The number of hydrogen-bond donors (Lipinski definition) is 1.